The van der Waals surface area contributed by atoms with Crippen molar-refractivity contribution >= 4 is 5.57 Å². The summed E-state index contributed by atoms with van der Waals surface area (Å²) >= 11 is 0. The average molecular weight is 342 g/mol. The Kier molecular flexibility index (Phi) is 4.80. The number of nitrogens with zero attached hydrogens (tertiary/aromatic N) is 2. The molecular weight excluding hydrogens is 320 g/mol. The molecule has 1 aromatic heterocycles. The van der Waals surface area contributed by atoms with E-state index in [1.54, 1.807) is 12.1 Å². The Morgan fingerprint density at radius 1 is 0.885 bits per heavy atom. The Bertz CT molecular complexity index is 918. The molecular formula is C23H22N2O. The number of aromatic hydroxyl groups is 1. The van der Waals surface area contributed by atoms with Gasteiger partial charge in [0.1, 0.15) is 5.75 Å². The van der Waals surface area contributed by atoms with Gasteiger partial charge in [0.15, 0.2) is 0 Å². The van der Waals surface area contributed by atoms with E-state index in [2.05, 4.69) is 52.4 Å². The summed E-state index contributed by atoms with van der Waals surface area (Å²) in [5, 5.41) is 9.69. The average Bonchev–Trinajstić information content (AvgIpc) is 2.69. The standard InChI is InChI=1S/C23H22N2O/c26-23-8-4-7-20(16-23)21-9-12-24-22(15-21)17-25-13-10-19(11-14-25)18-5-2-1-3-6-18/h1-10,12,15-16,26H,11,13-14,17H2. The van der Waals surface area contributed by atoms with E-state index in [-0.39, 0.29) is 5.75 Å². The van der Waals surface area contributed by atoms with Crippen molar-refractivity contribution in [2.75, 3.05) is 13.1 Å². The van der Waals surface area contributed by atoms with Crippen LogP contribution in [0, 0.1) is 0 Å². The lowest BCUT2D eigenvalue weighted by atomic mass is 9.99. The van der Waals surface area contributed by atoms with E-state index in [0.29, 0.717) is 0 Å². The molecule has 1 aliphatic rings. The summed E-state index contributed by atoms with van der Waals surface area (Å²) in [4.78, 5) is 6.95. The van der Waals surface area contributed by atoms with Gasteiger partial charge in [-0.15, -0.1) is 0 Å². The summed E-state index contributed by atoms with van der Waals surface area (Å²) in [7, 11) is 0. The lowest BCUT2D eigenvalue weighted by Crippen LogP contribution is -2.28. The summed E-state index contributed by atoms with van der Waals surface area (Å²) in [5.74, 6) is 0.287. The van der Waals surface area contributed by atoms with Crippen molar-refractivity contribution in [1.82, 2.24) is 9.88 Å². The second kappa shape index (κ2) is 7.54. The van der Waals surface area contributed by atoms with Crippen molar-refractivity contribution in [2.45, 2.75) is 13.0 Å². The van der Waals surface area contributed by atoms with Gasteiger partial charge in [-0.25, -0.2) is 0 Å². The first kappa shape index (κ1) is 16.6. The molecule has 3 nitrogen and oxygen atoms in total. The zero-order valence-electron chi connectivity index (χ0n) is 14.7. The van der Waals surface area contributed by atoms with Crippen LogP contribution in [0.4, 0.5) is 0 Å². The number of benzene rings is 2. The van der Waals surface area contributed by atoms with Gasteiger partial charge in [-0.05, 0) is 52.9 Å². The van der Waals surface area contributed by atoms with Gasteiger partial charge in [0.25, 0.3) is 0 Å². The molecule has 1 aliphatic heterocycles. The lowest BCUT2D eigenvalue weighted by Gasteiger charge is -2.26. The molecule has 0 atom stereocenters. The first-order valence-corrected chi connectivity index (χ1v) is 8.99. The SMILES string of the molecule is Oc1cccc(-c2ccnc(CN3CC=C(c4ccccc4)CC3)c2)c1. The molecule has 0 radical (unpaired) electrons. The molecule has 0 aliphatic carbocycles. The quantitative estimate of drug-likeness (QED) is 0.744. The molecule has 26 heavy (non-hydrogen) atoms. The van der Waals surface area contributed by atoms with Crippen LogP contribution < -0.4 is 0 Å². The van der Waals surface area contributed by atoms with Gasteiger partial charge in [-0.1, -0.05) is 48.5 Å². The van der Waals surface area contributed by atoms with Crippen LogP contribution in [-0.2, 0) is 6.54 Å². The van der Waals surface area contributed by atoms with Crippen molar-refractivity contribution in [3.63, 3.8) is 0 Å². The van der Waals surface area contributed by atoms with Crippen molar-refractivity contribution < 1.29 is 5.11 Å². The molecule has 0 unspecified atom stereocenters. The van der Waals surface area contributed by atoms with Crippen LogP contribution in [0.5, 0.6) is 5.75 Å². The lowest BCUT2D eigenvalue weighted by molar-refractivity contribution is 0.290. The molecule has 2 aromatic carbocycles. The maximum Gasteiger partial charge on any atom is 0.116 e. The fourth-order valence-electron chi connectivity index (χ4n) is 3.43. The van der Waals surface area contributed by atoms with Crippen LogP contribution in [0.2, 0.25) is 0 Å². The fraction of sp³-hybridized carbons (Fsp3) is 0.174. The van der Waals surface area contributed by atoms with E-state index < -0.39 is 0 Å². The zero-order valence-corrected chi connectivity index (χ0v) is 14.7. The molecule has 1 N–H and O–H groups in total. The minimum absolute atomic E-state index is 0.287. The Hall–Kier alpha value is -2.91. The van der Waals surface area contributed by atoms with E-state index in [9.17, 15) is 5.11 Å². The van der Waals surface area contributed by atoms with Crippen molar-refractivity contribution in [2.24, 2.45) is 0 Å². The van der Waals surface area contributed by atoms with E-state index in [1.807, 2.05) is 24.4 Å². The second-order valence-corrected chi connectivity index (χ2v) is 6.67. The van der Waals surface area contributed by atoms with Crippen LogP contribution in [0.1, 0.15) is 17.7 Å². The van der Waals surface area contributed by atoms with Crippen molar-refractivity contribution in [3.05, 3.63) is 90.3 Å². The van der Waals surface area contributed by atoms with E-state index in [4.69, 9.17) is 0 Å². The molecule has 3 aromatic rings. The Labute approximate surface area is 154 Å². The van der Waals surface area contributed by atoms with Crippen LogP contribution in [0.3, 0.4) is 0 Å². The van der Waals surface area contributed by atoms with Gasteiger partial charge >= 0.3 is 0 Å². The minimum Gasteiger partial charge on any atom is -0.508 e. The summed E-state index contributed by atoms with van der Waals surface area (Å²) in [6.45, 7) is 2.83. The van der Waals surface area contributed by atoms with Crippen molar-refractivity contribution in [1.29, 1.82) is 0 Å². The third-order valence-corrected chi connectivity index (χ3v) is 4.82. The van der Waals surface area contributed by atoms with E-state index in [1.165, 1.54) is 11.1 Å². The molecule has 0 saturated heterocycles. The number of phenols is 1. The molecule has 0 saturated carbocycles. The number of aromatic nitrogens is 1. The van der Waals surface area contributed by atoms with E-state index in [0.717, 1.165) is 42.9 Å². The maximum atomic E-state index is 9.69. The third kappa shape index (κ3) is 3.84. The third-order valence-electron chi connectivity index (χ3n) is 4.82. The largest absolute Gasteiger partial charge is 0.508 e. The number of phenolic OH excluding ortho intramolecular Hbond substituents is 1. The summed E-state index contributed by atoms with van der Waals surface area (Å²) in [5.41, 5.74) is 5.92. The van der Waals surface area contributed by atoms with Crippen LogP contribution in [0.25, 0.3) is 16.7 Å². The van der Waals surface area contributed by atoms with Crippen LogP contribution in [0.15, 0.2) is 79.0 Å². The molecule has 3 heteroatoms. The number of pyridine rings is 1. The Balaban J connectivity index is 1.46. The molecule has 130 valence electrons. The van der Waals surface area contributed by atoms with Crippen molar-refractivity contribution in [3.8, 4) is 16.9 Å². The van der Waals surface area contributed by atoms with E-state index >= 15 is 0 Å². The summed E-state index contributed by atoms with van der Waals surface area (Å²) in [6.07, 6.45) is 5.25. The Morgan fingerprint density at radius 3 is 2.46 bits per heavy atom. The molecule has 0 amide bonds. The maximum absolute atomic E-state index is 9.69. The predicted molar refractivity (Wildman–Crippen MR) is 106 cm³/mol. The number of hydrogen-bond acceptors (Lipinski definition) is 3. The second-order valence-electron chi connectivity index (χ2n) is 6.67. The monoisotopic (exact) mass is 342 g/mol. The zero-order chi connectivity index (χ0) is 17.8. The normalized spacial score (nSPS) is 14.8. The molecule has 0 spiro atoms. The van der Waals surface area contributed by atoms with Crippen LogP contribution >= 0.6 is 0 Å². The fourth-order valence-corrected chi connectivity index (χ4v) is 3.43. The van der Waals surface area contributed by atoms with Gasteiger partial charge in [0.05, 0.1) is 5.69 Å². The highest BCUT2D eigenvalue weighted by Gasteiger charge is 2.14. The van der Waals surface area contributed by atoms with Gasteiger partial charge < -0.3 is 5.11 Å². The summed E-state index contributed by atoms with van der Waals surface area (Å²) in [6, 6.07) is 22.1. The predicted octanol–water partition coefficient (Wildman–Crippen LogP) is 4.74. The van der Waals surface area contributed by atoms with Crippen LogP contribution in [-0.4, -0.2) is 28.1 Å². The number of rotatable bonds is 4. The topological polar surface area (TPSA) is 36.4 Å². The summed E-state index contributed by atoms with van der Waals surface area (Å²) < 4.78 is 0. The smallest absolute Gasteiger partial charge is 0.116 e. The molecule has 0 fully saturated rings. The highest BCUT2D eigenvalue weighted by molar-refractivity contribution is 5.66. The highest BCUT2D eigenvalue weighted by atomic mass is 16.3. The number of hydrogen-bond donors (Lipinski definition) is 1. The minimum atomic E-state index is 0.287. The molecule has 4 rings (SSSR count). The van der Waals surface area contributed by atoms with Gasteiger partial charge in [0, 0.05) is 25.8 Å². The highest BCUT2D eigenvalue weighted by Crippen LogP contribution is 2.25. The molecule has 2 heterocycles. The Morgan fingerprint density at radius 2 is 1.69 bits per heavy atom. The first-order valence-electron chi connectivity index (χ1n) is 8.99. The van der Waals surface area contributed by atoms with Gasteiger partial charge in [-0.2, -0.15) is 0 Å². The first-order chi connectivity index (χ1) is 12.8. The van der Waals surface area contributed by atoms with Gasteiger partial charge in [-0.3, -0.25) is 9.88 Å². The van der Waals surface area contributed by atoms with Gasteiger partial charge in [0.2, 0.25) is 0 Å². The molecule has 0 bridgehead atoms.